The Balaban J connectivity index is 0.00000144. The molecule has 0 aliphatic rings. The fourth-order valence-corrected chi connectivity index (χ4v) is 1.45. The Morgan fingerprint density at radius 3 is 2.41 bits per heavy atom. The van der Waals surface area contributed by atoms with Gasteiger partial charge in [-0.25, -0.2) is 4.68 Å². The molecule has 0 radical (unpaired) electrons. The van der Waals surface area contributed by atoms with Gasteiger partial charge in [0.1, 0.15) is 5.75 Å². The highest BCUT2D eigenvalue weighted by atomic mass is 35.5. The first kappa shape index (κ1) is 13.5. The quantitative estimate of drug-likeness (QED) is 0.913. The summed E-state index contributed by atoms with van der Waals surface area (Å²) in [6, 6.07) is 7.73. The molecule has 0 amide bonds. The van der Waals surface area contributed by atoms with Crippen LogP contribution in [0.2, 0.25) is 0 Å². The summed E-state index contributed by atoms with van der Waals surface area (Å²) in [4.78, 5) is 0. The van der Waals surface area contributed by atoms with Crippen LogP contribution in [0.3, 0.4) is 0 Å². The van der Waals surface area contributed by atoms with E-state index in [1.54, 1.807) is 18.0 Å². The molecule has 1 atom stereocenters. The van der Waals surface area contributed by atoms with E-state index in [-0.39, 0.29) is 18.4 Å². The highest BCUT2D eigenvalue weighted by molar-refractivity contribution is 5.85. The van der Waals surface area contributed by atoms with Crippen molar-refractivity contribution < 1.29 is 4.74 Å². The second-order valence-electron chi connectivity index (χ2n) is 3.70. The van der Waals surface area contributed by atoms with Crippen LogP contribution in [0.5, 0.6) is 5.75 Å². The summed E-state index contributed by atoms with van der Waals surface area (Å²) in [5.41, 5.74) is 7.79. The van der Waals surface area contributed by atoms with Crippen molar-refractivity contribution >= 4 is 12.4 Å². The van der Waals surface area contributed by atoms with E-state index in [0.717, 1.165) is 17.0 Å². The van der Waals surface area contributed by atoms with Gasteiger partial charge < -0.3 is 10.5 Å². The fourth-order valence-electron chi connectivity index (χ4n) is 1.45. The predicted octanol–water partition coefficient (Wildman–Crippen LogP) is 2.32. The molecule has 0 saturated heterocycles. The van der Waals surface area contributed by atoms with Crippen molar-refractivity contribution in [3.05, 3.63) is 42.2 Å². The highest BCUT2D eigenvalue weighted by Gasteiger charge is 2.04. The van der Waals surface area contributed by atoms with Crippen molar-refractivity contribution in [3.63, 3.8) is 0 Å². The first-order chi connectivity index (χ1) is 7.70. The Morgan fingerprint density at radius 1 is 1.29 bits per heavy atom. The zero-order chi connectivity index (χ0) is 11.5. The SMILES string of the molecule is COc1ccc(-n2cc(C(C)N)cn2)cc1.Cl. The van der Waals surface area contributed by atoms with Crippen LogP contribution < -0.4 is 10.5 Å². The molecule has 2 rings (SSSR count). The molecule has 0 fully saturated rings. The van der Waals surface area contributed by atoms with Gasteiger partial charge in [-0.1, -0.05) is 0 Å². The maximum atomic E-state index is 5.78. The van der Waals surface area contributed by atoms with Crippen molar-refractivity contribution in [3.8, 4) is 11.4 Å². The second-order valence-corrected chi connectivity index (χ2v) is 3.70. The van der Waals surface area contributed by atoms with Crippen molar-refractivity contribution in [2.75, 3.05) is 7.11 Å². The van der Waals surface area contributed by atoms with E-state index in [1.165, 1.54) is 0 Å². The summed E-state index contributed by atoms with van der Waals surface area (Å²) in [7, 11) is 1.65. The molecule has 17 heavy (non-hydrogen) atoms. The minimum Gasteiger partial charge on any atom is -0.497 e. The maximum Gasteiger partial charge on any atom is 0.119 e. The molecule has 1 unspecified atom stereocenters. The molecule has 0 spiro atoms. The Hall–Kier alpha value is -1.52. The lowest BCUT2D eigenvalue weighted by Gasteiger charge is -2.03. The third kappa shape index (κ3) is 2.99. The zero-order valence-corrected chi connectivity index (χ0v) is 10.6. The van der Waals surface area contributed by atoms with Crippen molar-refractivity contribution in [1.82, 2.24) is 9.78 Å². The van der Waals surface area contributed by atoms with Gasteiger partial charge in [-0.3, -0.25) is 0 Å². The topological polar surface area (TPSA) is 53.1 Å². The molecule has 5 heteroatoms. The lowest BCUT2D eigenvalue weighted by Crippen LogP contribution is -2.03. The number of hydrogen-bond donors (Lipinski definition) is 1. The van der Waals surface area contributed by atoms with E-state index in [0.29, 0.717) is 0 Å². The Kier molecular flexibility index (Phi) is 4.54. The standard InChI is InChI=1S/C12H15N3O.ClH/c1-9(13)10-7-14-15(8-10)11-3-5-12(16-2)6-4-11;/h3-9H,13H2,1-2H3;1H. The third-order valence-electron chi connectivity index (χ3n) is 2.47. The average molecular weight is 254 g/mol. The summed E-state index contributed by atoms with van der Waals surface area (Å²) in [6.45, 7) is 1.94. The molecule has 4 nitrogen and oxygen atoms in total. The summed E-state index contributed by atoms with van der Waals surface area (Å²) in [6.07, 6.45) is 3.72. The zero-order valence-electron chi connectivity index (χ0n) is 9.83. The normalized spacial score (nSPS) is 11.7. The number of ether oxygens (including phenoxy) is 1. The monoisotopic (exact) mass is 253 g/mol. The molecular weight excluding hydrogens is 238 g/mol. The Morgan fingerprint density at radius 2 is 1.94 bits per heavy atom. The van der Waals surface area contributed by atoms with Crippen LogP contribution in [0.15, 0.2) is 36.7 Å². The number of hydrogen-bond acceptors (Lipinski definition) is 3. The molecule has 1 heterocycles. The van der Waals surface area contributed by atoms with Gasteiger partial charge in [0.15, 0.2) is 0 Å². The number of halogens is 1. The summed E-state index contributed by atoms with van der Waals surface area (Å²) in [5.74, 6) is 0.836. The maximum absolute atomic E-state index is 5.78. The minimum absolute atomic E-state index is 0. The van der Waals surface area contributed by atoms with E-state index in [9.17, 15) is 0 Å². The van der Waals surface area contributed by atoms with Gasteiger partial charge in [0.2, 0.25) is 0 Å². The summed E-state index contributed by atoms with van der Waals surface area (Å²) >= 11 is 0. The van der Waals surface area contributed by atoms with Crippen LogP contribution in [-0.2, 0) is 0 Å². The predicted molar refractivity (Wildman–Crippen MR) is 70.0 cm³/mol. The van der Waals surface area contributed by atoms with Gasteiger partial charge in [-0.15, -0.1) is 12.4 Å². The van der Waals surface area contributed by atoms with Crippen molar-refractivity contribution in [2.24, 2.45) is 5.73 Å². The van der Waals surface area contributed by atoms with Crippen LogP contribution in [0.4, 0.5) is 0 Å². The number of rotatable bonds is 3. The molecule has 2 N–H and O–H groups in total. The number of nitrogens with two attached hydrogens (primary N) is 1. The van der Waals surface area contributed by atoms with Crippen LogP contribution in [0, 0.1) is 0 Å². The molecule has 1 aromatic carbocycles. The van der Waals surface area contributed by atoms with Gasteiger partial charge >= 0.3 is 0 Å². The van der Waals surface area contributed by atoms with Gasteiger partial charge in [0, 0.05) is 17.8 Å². The van der Waals surface area contributed by atoms with Gasteiger partial charge in [-0.2, -0.15) is 5.10 Å². The Bertz CT molecular complexity index is 465. The first-order valence-electron chi connectivity index (χ1n) is 5.15. The fraction of sp³-hybridized carbons (Fsp3) is 0.250. The lowest BCUT2D eigenvalue weighted by atomic mass is 10.2. The number of aromatic nitrogens is 2. The molecule has 1 aromatic heterocycles. The second kappa shape index (κ2) is 5.70. The number of methoxy groups -OCH3 is 1. The molecule has 2 aromatic rings. The smallest absolute Gasteiger partial charge is 0.119 e. The molecule has 0 aliphatic carbocycles. The molecular formula is C12H16ClN3O. The van der Waals surface area contributed by atoms with Crippen molar-refractivity contribution in [2.45, 2.75) is 13.0 Å². The number of benzene rings is 1. The lowest BCUT2D eigenvalue weighted by molar-refractivity contribution is 0.414. The highest BCUT2D eigenvalue weighted by Crippen LogP contribution is 2.16. The van der Waals surface area contributed by atoms with Crippen molar-refractivity contribution in [1.29, 1.82) is 0 Å². The molecule has 0 bridgehead atoms. The van der Waals surface area contributed by atoms with Gasteiger partial charge in [0.05, 0.1) is 19.0 Å². The van der Waals surface area contributed by atoms with Crippen LogP contribution in [-0.4, -0.2) is 16.9 Å². The number of nitrogens with zero attached hydrogens (tertiary/aromatic N) is 2. The Labute approximate surface area is 107 Å². The van der Waals surface area contributed by atoms with E-state index in [4.69, 9.17) is 10.5 Å². The molecule has 92 valence electrons. The average Bonchev–Trinajstić information content (AvgIpc) is 2.78. The van der Waals surface area contributed by atoms with E-state index >= 15 is 0 Å². The van der Waals surface area contributed by atoms with E-state index < -0.39 is 0 Å². The van der Waals surface area contributed by atoms with Crippen LogP contribution >= 0.6 is 12.4 Å². The molecule has 0 aliphatic heterocycles. The minimum atomic E-state index is 0. The third-order valence-corrected chi connectivity index (χ3v) is 2.47. The first-order valence-corrected chi connectivity index (χ1v) is 5.15. The largest absolute Gasteiger partial charge is 0.497 e. The van der Waals surface area contributed by atoms with E-state index in [1.807, 2.05) is 37.4 Å². The van der Waals surface area contributed by atoms with Gasteiger partial charge in [0.25, 0.3) is 0 Å². The molecule has 0 saturated carbocycles. The van der Waals surface area contributed by atoms with E-state index in [2.05, 4.69) is 5.10 Å². The summed E-state index contributed by atoms with van der Waals surface area (Å²) < 4.78 is 6.90. The van der Waals surface area contributed by atoms with Crippen LogP contribution in [0.25, 0.3) is 5.69 Å². The van der Waals surface area contributed by atoms with Crippen LogP contribution in [0.1, 0.15) is 18.5 Å². The summed E-state index contributed by atoms with van der Waals surface area (Å²) in [5, 5.41) is 4.26. The van der Waals surface area contributed by atoms with Gasteiger partial charge in [-0.05, 0) is 31.2 Å².